The highest BCUT2D eigenvalue weighted by Gasteiger charge is 2.15. The molecule has 1 unspecified atom stereocenters. The Morgan fingerprint density at radius 2 is 1.94 bits per heavy atom. The van der Waals surface area contributed by atoms with E-state index in [0.717, 1.165) is 10.4 Å². The van der Waals surface area contributed by atoms with Gasteiger partial charge in [-0.05, 0) is 31.6 Å². The van der Waals surface area contributed by atoms with E-state index in [-0.39, 0.29) is 11.9 Å². The van der Waals surface area contributed by atoms with Crippen LogP contribution in [0.15, 0.2) is 30.3 Å². The number of rotatable bonds is 2. The van der Waals surface area contributed by atoms with Crippen molar-refractivity contribution in [3.8, 4) is 5.88 Å². The Kier molecular flexibility index (Phi) is 3.12. The summed E-state index contributed by atoms with van der Waals surface area (Å²) in [6, 6.07) is 10.1. The fourth-order valence-corrected chi connectivity index (χ4v) is 3.12. The van der Waals surface area contributed by atoms with Gasteiger partial charge in [0.1, 0.15) is 0 Å². The van der Waals surface area contributed by atoms with Gasteiger partial charge in [0.25, 0.3) is 0 Å². The van der Waals surface area contributed by atoms with Gasteiger partial charge in [0.05, 0.1) is 10.9 Å². The van der Waals surface area contributed by atoms with Crippen molar-refractivity contribution in [2.45, 2.75) is 19.9 Å². The van der Waals surface area contributed by atoms with Crippen molar-refractivity contribution in [1.82, 2.24) is 4.57 Å². The van der Waals surface area contributed by atoms with Gasteiger partial charge >= 0.3 is 0 Å². The minimum absolute atomic E-state index is 0.0682. The summed E-state index contributed by atoms with van der Waals surface area (Å²) in [5, 5.41) is 9.96. The molecule has 0 saturated carbocycles. The number of benzene rings is 1. The van der Waals surface area contributed by atoms with Crippen LogP contribution >= 0.6 is 23.6 Å². The largest absolute Gasteiger partial charge is 0.494 e. The molecule has 0 aliphatic heterocycles. The fraction of sp³-hybridized carbons (Fsp3) is 0.250. The van der Waals surface area contributed by atoms with E-state index in [1.165, 1.54) is 11.3 Å². The number of thiazole rings is 1. The lowest BCUT2D eigenvalue weighted by molar-refractivity contribution is 0.402. The molecule has 4 heteroatoms. The number of aromatic nitrogens is 1. The first kappa shape index (κ1) is 11.4. The molecule has 1 aromatic carbocycles. The van der Waals surface area contributed by atoms with E-state index in [1.54, 1.807) is 4.57 Å². The maximum Gasteiger partial charge on any atom is 0.206 e. The molecule has 0 amide bonds. The fourth-order valence-electron chi connectivity index (χ4n) is 1.70. The van der Waals surface area contributed by atoms with Gasteiger partial charge in [-0.15, -0.1) is 11.3 Å². The van der Waals surface area contributed by atoms with E-state index < -0.39 is 0 Å². The second-order valence-electron chi connectivity index (χ2n) is 3.70. The lowest BCUT2D eigenvalue weighted by Gasteiger charge is -2.14. The molecule has 2 nitrogen and oxygen atoms in total. The third-order valence-corrected chi connectivity index (χ3v) is 3.96. The molecular formula is C12H13NOS2. The highest BCUT2D eigenvalue weighted by atomic mass is 32.1. The minimum Gasteiger partial charge on any atom is -0.494 e. The van der Waals surface area contributed by atoms with Crippen LogP contribution in [-0.2, 0) is 0 Å². The topological polar surface area (TPSA) is 25.2 Å². The summed E-state index contributed by atoms with van der Waals surface area (Å²) in [6.07, 6.45) is 0. The van der Waals surface area contributed by atoms with E-state index in [9.17, 15) is 5.11 Å². The maximum absolute atomic E-state index is 9.96. The van der Waals surface area contributed by atoms with E-state index in [4.69, 9.17) is 12.2 Å². The van der Waals surface area contributed by atoms with Crippen LogP contribution in [0.25, 0.3) is 0 Å². The molecule has 1 heterocycles. The van der Waals surface area contributed by atoms with Gasteiger partial charge in [-0.25, -0.2) is 0 Å². The highest BCUT2D eigenvalue weighted by molar-refractivity contribution is 7.73. The molecule has 0 spiro atoms. The summed E-state index contributed by atoms with van der Waals surface area (Å²) in [5.74, 6) is 0.284. The zero-order valence-corrected chi connectivity index (χ0v) is 10.8. The van der Waals surface area contributed by atoms with Crippen LogP contribution < -0.4 is 0 Å². The lowest BCUT2D eigenvalue weighted by Crippen LogP contribution is -2.05. The normalized spacial score (nSPS) is 12.6. The standard InChI is InChI=1S/C12H13NOS2/c1-8(10-6-4-3-5-7-10)13-11(14)9(2)16-12(13)15/h3-8,14H,1-2H3. The van der Waals surface area contributed by atoms with Gasteiger partial charge in [-0.2, -0.15) is 0 Å². The number of hydrogen-bond acceptors (Lipinski definition) is 3. The Bertz CT molecular complexity index is 542. The van der Waals surface area contributed by atoms with E-state index in [1.807, 2.05) is 44.2 Å². The molecular weight excluding hydrogens is 238 g/mol. The average Bonchev–Trinajstić information content (AvgIpc) is 2.54. The van der Waals surface area contributed by atoms with Crippen LogP contribution in [0.2, 0.25) is 0 Å². The molecule has 84 valence electrons. The first-order valence-corrected chi connectivity index (χ1v) is 6.29. The number of aryl methyl sites for hydroxylation is 1. The molecule has 16 heavy (non-hydrogen) atoms. The summed E-state index contributed by atoms with van der Waals surface area (Å²) in [7, 11) is 0. The molecule has 0 saturated heterocycles. The summed E-state index contributed by atoms with van der Waals surface area (Å²) in [4.78, 5) is 0.868. The maximum atomic E-state index is 9.96. The van der Waals surface area contributed by atoms with Crippen molar-refractivity contribution < 1.29 is 5.11 Å². The second kappa shape index (κ2) is 4.39. The van der Waals surface area contributed by atoms with Crippen LogP contribution in [0.4, 0.5) is 0 Å². The molecule has 1 N–H and O–H groups in total. The molecule has 2 aromatic rings. The van der Waals surface area contributed by atoms with Gasteiger partial charge in [0.15, 0.2) is 3.95 Å². The molecule has 0 radical (unpaired) electrons. The second-order valence-corrected chi connectivity index (χ2v) is 5.55. The van der Waals surface area contributed by atoms with E-state index in [2.05, 4.69) is 0 Å². The number of hydrogen-bond donors (Lipinski definition) is 1. The Labute approximate surface area is 104 Å². The van der Waals surface area contributed by atoms with Crippen molar-refractivity contribution >= 4 is 23.6 Å². The van der Waals surface area contributed by atoms with Crippen molar-refractivity contribution in [2.24, 2.45) is 0 Å². The average molecular weight is 251 g/mol. The van der Waals surface area contributed by atoms with Gasteiger partial charge in [-0.1, -0.05) is 30.3 Å². The van der Waals surface area contributed by atoms with Crippen LogP contribution in [-0.4, -0.2) is 9.67 Å². The summed E-state index contributed by atoms with van der Waals surface area (Å²) >= 11 is 6.70. The first-order chi connectivity index (χ1) is 7.61. The zero-order chi connectivity index (χ0) is 11.7. The van der Waals surface area contributed by atoms with Crippen LogP contribution in [0.3, 0.4) is 0 Å². The minimum atomic E-state index is 0.0682. The third kappa shape index (κ3) is 1.90. The Hall–Kier alpha value is -1.13. The first-order valence-electron chi connectivity index (χ1n) is 5.07. The summed E-state index contributed by atoms with van der Waals surface area (Å²) in [6.45, 7) is 3.92. The predicted molar refractivity (Wildman–Crippen MR) is 69.8 cm³/mol. The monoisotopic (exact) mass is 251 g/mol. The van der Waals surface area contributed by atoms with Crippen molar-refractivity contribution in [3.63, 3.8) is 0 Å². The molecule has 0 fully saturated rings. The van der Waals surface area contributed by atoms with Gasteiger partial charge in [-0.3, -0.25) is 4.57 Å². The number of aromatic hydroxyl groups is 1. The van der Waals surface area contributed by atoms with Crippen LogP contribution in [0.5, 0.6) is 5.88 Å². The Morgan fingerprint density at radius 1 is 1.31 bits per heavy atom. The summed E-state index contributed by atoms with van der Waals surface area (Å²) in [5.41, 5.74) is 1.15. The lowest BCUT2D eigenvalue weighted by atomic mass is 10.1. The van der Waals surface area contributed by atoms with Crippen LogP contribution in [0.1, 0.15) is 23.4 Å². The van der Waals surface area contributed by atoms with Gasteiger partial charge in [0.2, 0.25) is 5.88 Å². The van der Waals surface area contributed by atoms with Gasteiger partial charge in [0, 0.05) is 0 Å². The Balaban J connectivity index is 2.50. The highest BCUT2D eigenvalue weighted by Crippen LogP contribution is 2.31. The zero-order valence-electron chi connectivity index (χ0n) is 9.18. The molecule has 0 aliphatic carbocycles. The Morgan fingerprint density at radius 3 is 2.44 bits per heavy atom. The quantitative estimate of drug-likeness (QED) is 0.819. The third-order valence-electron chi connectivity index (χ3n) is 2.65. The number of nitrogens with zero attached hydrogens (tertiary/aromatic N) is 1. The van der Waals surface area contributed by atoms with Crippen molar-refractivity contribution in [3.05, 3.63) is 44.7 Å². The SMILES string of the molecule is Cc1sc(=S)n(C(C)c2ccccc2)c1O. The smallest absolute Gasteiger partial charge is 0.206 e. The van der Waals surface area contributed by atoms with E-state index in [0.29, 0.717) is 3.95 Å². The predicted octanol–water partition coefficient (Wildman–Crippen LogP) is 3.90. The summed E-state index contributed by atoms with van der Waals surface area (Å²) < 4.78 is 2.51. The van der Waals surface area contributed by atoms with E-state index >= 15 is 0 Å². The molecule has 1 atom stereocenters. The van der Waals surface area contributed by atoms with Crippen molar-refractivity contribution in [1.29, 1.82) is 0 Å². The van der Waals surface area contributed by atoms with Gasteiger partial charge < -0.3 is 5.11 Å². The van der Waals surface area contributed by atoms with Crippen molar-refractivity contribution in [2.75, 3.05) is 0 Å². The molecule has 2 rings (SSSR count). The molecule has 0 aliphatic rings. The molecule has 1 aromatic heterocycles. The van der Waals surface area contributed by atoms with Crippen LogP contribution in [0, 0.1) is 10.9 Å². The molecule has 0 bridgehead atoms.